The highest BCUT2D eigenvalue weighted by atomic mass is 16.5. The molecule has 3 aromatic rings. The van der Waals surface area contributed by atoms with Gasteiger partial charge in [-0.3, -0.25) is 9.69 Å². The molecule has 4 rings (SSSR count). The number of nitrogens with one attached hydrogen (secondary N) is 1. The molecule has 1 unspecified atom stereocenters. The van der Waals surface area contributed by atoms with Gasteiger partial charge in [-0.1, -0.05) is 30.3 Å². The van der Waals surface area contributed by atoms with Gasteiger partial charge < -0.3 is 19.2 Å². The Bertz CT molecular complexity index is 966. The lowest BCUT2D eigenvalue weighted by Crippen LogP contribution is -2.36. The van der Waals surface area contributed by atoms with E-state index < -0.39 is 0 Å². The average molecular weight is 421 g/mol. The summed E-state index contributed by atoms with van der Waals surface area (Å²) >= 11 is 0. The fraction of sp³-hybridized carbons (Fsp3) is 0.320. The van der Waals surface area contributed by atoms with Crippen LogP contribution in [0, 0.1) is 0 Å². The van der Waals surface area contributed by atoms with Crippen molar-refractivity contribution in [3.05, 3.63) is 83.8 Å². The van der Waals surface area contributed by atoms with Crippen LogP contribution in [0.2, 0.25) is 0 Å². The molecule has 1 aliphatic rings. The van der Waals surface area contributed by atoms with Crippen molar-refractivity contribution in [2.24, 2.45) is 0 Å². The molecule has 0 saturated carbocycles. The smallest absolute Gasteiger partial charge is 0.251 e. The van der Waals surface area contributed by atoms with Crippen LogP contribution < -0.4 is 14.8 Å². The molecule has 1 aliphatic heterocycles. The van der Waals surface area contributed by atoms with Crippen LogP contribution in [0.1, 0.15) is 40.6 Å². The van der Waals surface area contributed by atoms with Crippen molar-refractivity contribution in [2.75, 3.05) is 26.7 Å². The van der Waals surface area contributed by atoms with E-state index in [4.69, 9.17) is 13.9 Å². The van der Waals surface area contributed by atoms with E-state index in [0.717, 1.165) is 24.4 Å². The fourth-order valence-corrected chi connectivity index (χ4v) is 3.90. The second-order valence-corrected chi connectivity index (χ2v) is 7.62. The summed E-state index contributed by atoms with van der Waals surface area (Å²) in [4.78, 5) is 15.2. The van der Waals surface area contributed by atoms with Crippen molar-refractivity contribution in [3.8, 4) is 11.5 Å². The number of carbonyl (C=O) groups excluding carboxylic acids is 1. The first kappa shape index (κ1) is 21.0. The van der Waals surface area contributed by atoms with E-state index in [9.17, 15) is 4.79 Å². The Morgan fingerprint density at radius 1 is 1.06 bits per heavy atom. The second kappa shape index (κ2) is 10.2. The van der Waals surface area contributed by atoms with E-state index in [1.165, 1.54) is 12.8 Å². The monoisotopic (exact) mass is 420 g/mol. The van der Waals surface area contributed by atoms with Crippen molar-refractivity contribution in [3.63, 3.8) is 0 Å². The van der Waals surface area contributed by atoms with Crippen LogP contribution >= 0.6 is 0 Å². The minimum absolute atomic E-state index is 0.0387. The maximum atomic E-state index is 12.8. The largest absolute Gasteiger partial charge is 0.493 e. The number of hydrogen-bond donors (Lipinski definition) is 1. The number of ether oxygens (including phenoxy) is 2. The lowest BCUT2D eigenvalue weighted by Gasteiger charge is -2.26. The van der Waals surface area contributed by atoms with Crippen LogP contribution in [0.3, 0.4) is 0 Å². The van der Waals surface area contributed by atoms with Gasteiger partial charge in [-0.15, -0.1) is 0 Å². The van der Waals surface area contributed by atoms with Crippen molar-refractivity contribution < 1.29 is 18.7 Å². The predicted octanol–water partition coefficient (Wildman–Crippen LogP) is 4.43. The van der Waals surface area contributed by atoms with Gasteiger partial charge in [0.2, 0.25) is 0 Å². The maximum absolute atomic E-state index is 12.8. The number of hydrogen-bond acceptors (Lipinski definition) is 5. The Kier molecular flexibility index (Phi) is 6.89. The molecule has 162 valence electrons. The minimum Gasteiger partial charge on any atom is -0.493 e. The molecule has 2 aromatic carbocycles. The summed E-state index contributed by atoms with van der Waals surface area (Å²) in [6, 6.07) is 19.1. The number of benzene rings is 2. The van der Waals surface area contributed by atoms with Crippen molar-refractivity contribution in [2.45, 2.75) is 25.5 Å². The van der Waals surface area contributed by atoms with Crippen LogP contribution in [0.15, 0.2) is 71.3 Å². The van der Waals surface area contributed by atoms with Gasteiger partial charge in [-0.25, -0.2) is 0 Å². The SMILES string of the molecule is COc1cc(C(=O)NCC(c2ccco2)N2CCCC2)ccc1OCc1ccccc1. The number of likely N-dealkylation sites (tertiary alicyclic amines) is 1. The lowest BCUT2D eigenvalue weighted by molar-refractivity contribution is 0.0933. The quantitative estimate of drug-likeness (QED) is 0.555. The van der Waals surface area contributed by atoms with E-state index >= 15 is 0 Å². The van der Waals surface area contributed by atoms with Gasteiger partial charge in [0.15, 0.2) is 11.5 Å². The zero-order chi connectivity index (χ0) is 21.5. The molecular weight excluding hydrogens is 392 g/mol. The highest BCUT2D eigenvalue weighted by Gasteiger charge is 2.26. The molecule has 1 N–H and O–H groups in total. The van der Waals surface area contributed by atoms with Gasteiger partial charge in [0.05, 0.1) is 19.4 Å². The van der Waals surface area contributed by atoms with Gasteiger partial charge in [0.25, 0.3) is 5.91 Å². The summed E-state index contributed by atoms with van der Waals surface area (Å²) in [5, 5.41) is 3.06. The highest BCUT2D eigenvalue weighted by Crippen LogP contribution is 2.29. The molecule has 0 bridgehead atoms. The Morgan fingerprint density at radius 2 is 1.87 bits per heavy atom. The second-order valence-electron chi connectivity index (χ2n) is 7.62. The molecule has 1 atom stereocenters. The van der Waals surface area contributed by atoms with Crippen molar-refractivity contribution >= 4 is 5.91 Å². The lowest BCUT2D eigenvalue weighted by atomic mass is 10.1. The Balaban J connectivity index is 1.40. The topological polar surface area (TPSA) is 63.9 Å². The molecule has 1 amide bonds. The van der Waals surface area contributed by atoms with Crippen LogP contribution in [-0.2, 0) is 6.61 Å². The van der Waals surface area contributed by atoms with E-state index in [2.05, 4.69) is 10.2 Å². The van der Waals surface area contributed by atoms with Crippen molar-refractivity contribution in [1.82, 2.24) is 10.2 Å². The van der Waals surface area contributed by atoms with E-state index in [-0.39, 0.29) is 11.9 Å². The molecule has 1 saturated heterocycles. The van der Waals surface area contributed by atoms with Gasteiger partial charge in [-0.2, -0.15) is 0 Å². The zero-order valence-corrected chi connectivity index (χ0v) is 17.8. The molecule has 6 heteroatoms. The summed E-state index contributed by atoms with van der Waals surface area (Å²) in [7, 11) is 1.58. The molecule has 1 fully saturated rings. The summed E-state index contributed by atoms with van der Waals surface area (Å²) in [5.41, 5.74) is 1.60. The molecule has 6 nitrogen and oxygen atoms in total. The first-order valence-electron chi connectivity index (χ1n) is 10.6. The standard InChI is InChI=1S/C25H28N2O4/c1-29-24-16-20(11-12-23(24)31-18-19-8-3-2-4-9-19)25(28)26-17-21(22-10-7-15-30-22)27-13-5-6-14-27/h2-4,7-12,15-16,21H,5-6,13-14,17-18H2,1H3,(H,26,28). The third kappa shape index (κ3) is 5.27. The average Bonchev–Trinajstić information content (AvgIpc) is 3.53. The summed E-state index contributed by atoms with van der Waals surface area (Å²) in [6.45, 7) is 2.95. The molecule has 0 spiro atoms. The van der Waals surface area contributed by atoms with E-state index in [1.807, 2.05) is 42.5 Å². The number of furan rings is 1. The molecule has 2 heterocycles. The molecule has 0 radical (unpaired) electrons. The van der Waals surface area contributed by atoms with Crippen molar-refractivity contribution in [1.29, 1.82) is 0 Å². The van der Waals surface area contributed by atoms with E-state index in [0.29, 0.717) is 30.2 Å². The fourth-order valence-electron chi connectivity index (χ4n) is 3.90. The van der Waals surface area contributed by atoms with Crippen LogP contribution in [0.25, 0.3) is 0 Å². The van der Waals surface area contributed by atoms with Crippen LogP contribution in [0.5, 0.6) is 11.5 Å². The van der Waals surface area contributed by atoms with Crippen LogP contribution in [0.4, 0.5) is 0 Å². The highest BCUT2D eigenvalue weighted by molar-refractivity contribution is 5.94. The Labute approximate surface area is 182 Å². The molecule has 1 aromatic heterocycles. The first-order valence-corrected chi connectivity index (χ1v) is 10.6. The van der Waals surface area contributed by atoms with Gasteiger partial charge in [0.1, 0.15) is 12.4 Å². The maximum Gasteiger partial charge on any atom is 0.251 e. The van der Waals surface area contributed by atoms with Gasteiger partial charge in [-0.05, 0) is 61.8 Å². The van der Waals surface area contributed by atoms with Gasteiger partial charge in [0, 0.05) is 12.1 Å². The normalized spacial score (nSPS) is 14.9. The van der Waals surface area contributed by atoms with E-state index in [1.54, 1.807) is 31.6 Å². The summed E-state index contributed by atoms with van der Waals surface area (Å²) in [6.07, 6.45) is 4.03. The summed E-state index contributed by atoms with van der Waals surface area (Å²) < 4.78 is 17.0. The summed E-state index contributed by atoms with van der Waals surface area (Å²) in [5.74, 6) is 1.87. The molecule has 0 aliphatic carbocycles. The molecule has 31 heavy (non-hydrogen) atoms. The first-order chi connectivity index (χ1) is 15.2. The minimum atomic E-state index is -0.149. The Hall–Kier alpha value is -3.25. The van der Waals surface area contributed by atoms with Gasteiger partial charge >= 0.3 is 0 Å². The number of carbonyl (C=O) groups is 1. The van der Waals surface area contributed by atoms with Crippen LogP contribution in [-0.4, -0.2) is 37.6 Å². The third-order valence-corrected chi connectivity index (χ3v) is 5.57. The number of rotatable bonds is 9. The zero-order valence-electron chi connectivity index (χ0n) is 17.8. The number of nitrogens with zero attached hydrogens (tertiary/aromatic N) is 1. The predicted molar refractivity (Wildman–Crippen MR) is 118 cm³/mol. The Morgan fingerprint density at radius 3 is 2.58 bits per heavy atom. The molecular formula is C25H28N2O4. The third-order valence-electron chi connectivity index (χ3n) is 5.57. The number of amides is 1. The number of methoxy groups -OCH3 is 1.